The summed E-state index contributed by atoms with van der Waals surface area (Å²) in [5, 5.41) is 6.81. The Bertz CT molecular complexity index is 839. The molecule has 0 aliphatic carbocycles. The van der Waals surface area contributed by atoms with E-state index in [2.05, 4.69) is 44.8 Å². The molecule has 0 saturated carbocycles. The predicted octanol–water partition coefficient (Wildman–Crippen LogP) is 4.71. The van der Waals surface area contributed by atoms with Crippen molar-refractivity contribution >= 4 is 29.9 Å². The fraction of sp³-hybridized carbons (Fsp3) is 0.458. The number of ether oxygens (including phenoxy) is 1. The van der Waals surface area contributed by atoms with Gasteiger partial charge in [0.2, 0.25) is 0 Å². The molecule has 182 valence electrons. The minimum Gasteiger partial charge on any atom is -0.367 e. The minimum absolute atomic E-state index is 0. The van der Waals surface area contributed by atoms with Crippen LogP contribution in [0.2, 0.25) is 0 Å². The van der Waals surface area contributed by atoms with Crippen LogP contribution in [0, 0.1) is 0 Å². The van der Waals surface area contributed by atoms with Crippen molar-refractivity contribution in [3.8, 4) is 0 Å². The van der Waals surface area contributed by atoms with Gasteiger partial charge in [0.15, 0.2) is 5.96 Å². The number of piperidine rings is 1. The Hall–Kier alpha value is -1.85. The number of guanidine groups is 1. The number of halogens is 4. The highest BCUT2D eigenvalue weighted by atomic mass is 127. The molecule has 1 aliphatic rings. The topological polar surface area (TPSA) is 48.9 Å². The van der Waals surface area contributed by atoms with Crippen molar-refractivity contribution in [3.63, 3.8) is 0 Å². The van der Waals surface area contributed by atoms with Crippen molar-refractivity contribution in [2.45, 2.75) is 44.8 Å². The molecule has 0 radical (unpaired) electrons. The van der Waals surface area contributed by atoms with Crippen LogP contribution >= 0.6 is 24.0 Å². The van der Waals surface area contributed by atoms with Crippen molar-refractivity contribution in [3.05, 3.63) is 71.3 Å². The first-order valence-electron chi connectivity index (χ1n) is 10.9. The van der Waals surface area contributed by atoms with Crippen LogP contribution in [0.5, 0.6) is 0 Å². The third-order valence-electron chi connectivity index (χ3n) is 5.42. The number of aliphatic imine (C=N–C) groups is 1. The second kappa shape index (κ2) is 13.8. The van der Waals surface area contributed by atoms with Crippen molar-refractivity contribution < 1.29 is 17.9 Å². The van der Waals surface area contributed by atoms with Crippen molar-refractivity contribution in [1.29, 1.82) is 0 Å². The van der Waals surface area contributed by atoms with E-state index in [4.69, 9.17) is 4.74 Å². The van der Waals surface area contributed by atoms with Crippen LogP contribution in [0.1, 0.15) is 29.5 Å². The van der Waals surface area contributed by atoms with Gasteiger partial charge in [0.1, 0.15) is 6.61 Å². The highest BCUT2D eigenvalue weighted by molar-refractivity contribution is 14.0. The van der Waals surface area contributed by atoms with Gasteiger partial charge in [-0.1, -0.05) is 54.6 Å². The summed E-state index contributed by atoms with van der Waals surface area (Å²) in [4.78, 5) is 6.80. The number of nitrogens with one attached hydrogen (secondary N) is 2. The van der Waals surface area contributed by atoms with Crippen LogP contribution in [-0.4, -0.2) is 49.8 Å². The first kappa shape index (κ1) is 27.4. The van der Waals surface area contributed by atoms with E-state index in [0.717, 1.165) is 44.0 Å². The molecule has 0 atom stereocenters. The zero-order valence-electron chi connectivity index (χ0n) is 18.8. The molecule has 1 fully saturated rings. The molecule has 0 unspecified atom stereocenters. The van der Waals surface area contributed by atoms with Crippen LogP contribution in [0.15, 0.2) is 59.6 Å². The van der Waals surface area contributed by atoms with Gasteiger partial charge < -0.3 is 15.4 Å². The monoisotopic (exact) mass is 576 g/mol. The van der Waals surface area contributed by atoms with Crippen LogP contribution in [-0.2, 0) is 24.4 Å². The summed E-state index contributed by atoms with van der Waals surface area (Å²) >= 11 is 0. The molecule has 0 aromatic heterocycles. The molecule has 1 aliphatic heterocycles. The Kier molecular flexibility index (Phi) is 11.4. The Morgan fingerprint density at radius 1 is 1.00 bits per heavy atom. The van der Waals surface area contributed by atoms with Crippen LogP contribution in [0.3, 0.4) is 0 Å². The lowest BCUT2D eigenvalue weighted by atomic mass is 10.0. The molecule has 2 N–H and O–H groups in total. The zero-order valence-corrected chi connectivity index (χ0v) is 21.1. The standard InChI is InChI=1S/C24H31F3N4O.HI/c1-28-23(29-15-19-7-9-21(10-8-19)17-32-18-24(25,26)27)30-22-11-13-31(14-12-22)16-20-5-3-2-4-6-20;/h2-10,22H,11-18H2,1H3,(H2,28,29,30);1H. The van der Waals surface area contributed by atoms with Crippen molar-refractivity contribution in [1.82, 2.24) is 15.5 Å². The summed E-state index contributed by atoms with van der Waals surface area (Å²) in [6, 6.07) is 18.2. The third-order valence-corrected chi connectivity index (χ3v) is 5.42. The molecule has 2 aromatic rings. The van der Waals surface area contributed by atoms with Gasteiger partial charge in [-0.15, -0.1) is 24.0 Å². The van der Waals surface area contributed by atoms with Gasteiger partial charge in [0.05, 0.1) is 6.61 Å². The molecule has 3 rings (SSSR count). The van der Waals surface area contributed by atoms with Gasteiger partial charge in [0, 0.05) is 39.3 Å². The molecule has 0 amide bonds. The lowest BCUT2D eigenvalue weighted by Gasteiger charge is -2.33. The fourth-order valence-electron chi connectivity index (χ4n) is 3.69. The number of benzene rings is 2. The fourth-order valence-corrected chi connectivity index (χ4v) is 3.69. The number of alkyl halides is 3. The Morgan fingerprint density at radius 3 is 2.24 bits per heavy atom. The number of hydrogen-bond donors (Lipinski definition) is 2. The highest BCUT2D eigenvalue weighted by Crippen LogP contribution is 2.16. The molecular weight excluding hydrogens is 544 g/mol. The first-order chi connectivity index (χ1) is 15.4. The lowest BCUT2D eigenvalue weighted by Crippen LogP contribution is -2.48. The predicted molar refractivity (Wildman–Crippen MR) is 136 cm³/mol. The van der Waals surface area contributed by atoms with Crippen molar-refractivity contribution in [2.75, 3.05) is 26.7 Å². The maximum Gasteiger partial charge on any atom is 0.411 e. The summed E-state index contributed by atoms with van der Waals surface area (Å²) in [7, 11) is 1.75. The summed E-state index contributed by atoms with van der Waals surface area (Å²) in [6.07, 6.45) is -2.19. The number of likely N-dealkylation sites (tertiary alicyclic amines) is 1. The Morgan fingerprint density at radius 2 is 1.64 bits per heavy atom. The quantitative estimate of drug-likeness (QED) is 0.272. The average molecular weight is 576 g/mol. The van der Waals surface area contributed by atoms with E-state index >= 15 is 0 Å². The maximum absolute atomic E-state index is 12.2. The largest absolute Gasteiger partial charge is 0.411 e. The van der Waals surface area contributed by atoms with E-state index in [1.807, 2.05) is 18.2 Å². The molecule has 33 heavy (non-hydrogen) atoms. The van der Waals surface area contributed by atoms with E-state index < -0.39 is 12.8 Å². The molecule has 2 aromatic carbocycles. The maximum atomic E-state index is 12.2. The average Bonchev–Trinajstić information content (AvgIpc) is 2.78. The van der Waals surface area contributed by atoms with E-state index in [0.29, 0.717) is 18.2 Å². The summed E-state index contributed by atoms with van der Waals surface area (Å²) in [6.45, 7) is 2.36. The van der Waals surface area contributed by atoms with Gasteiger partial charge in [0.25, 0.3) is 0 Å². The highest BCUT2D eigenvalue weighted by Gasteiger charge is 2.27. The van der Waals surface area contributed by atoms with Crippen LogP contribution in [0.4, 0.5) is 13.2 Å². The van der Waals surface area contributed by atoms with E-state index in [1.165, 1.54) is 5.56 Å². The van der Waals surface area contributed by atoms with Gasteiger partial charge in [-0.25, -0.2) is 0 Å². The van der Waals surface area contributed by atoms with Crippen molar-refractivity contribution in [2.24, 2.45) is 4.99 Å². The second-order valence-electron chi connectivity index (χ2n) is 8.03. The molecule has 5 nitrogen and oxygen atoms in total. The Labute approximate surface area is 210 Å². The van der Waals surface area contributed by atoms with Gasteiger partial charge in [-0.05, 0) is 29.5 Å². The number of hydrogen-bond acceptors (Lipinski definition) is 3. The van der Waals surface area contributed by atoms with Gasteiger partial charge in [-0.3, -0.25) is 9.89 Å². The first-order valence-corrected chi connectivity index (χ1v) is 10.9. The normalized spacial score (nSPS) is 15.7. The summed E-state index contributed by atoms with van der Waals surface area (Å²) in [5.41, 5.74) is 3.07. The summed E-state index contributed by atoms with van der Waals surface area (Å²) in [5.74, 6) is 0.754. The SMILES string of the molecule is CN=C(NCc1ccc(COCC(F)(F)F)cc1)NC1CCN(Cc2ccccc2)CC1.I. The molecular formula is C24H32F3IN4O. The third kappa shape index (κ3) is 10.3. The molecule has 9 heteroatoms. The molecule has 0 spiro atoms. The molecule has 1 saturated heterocycles. The van der Waals surface area contributed by atoms with Crippen LogP contribution < -0.4 is 10.6 Å². The number of nitrogens with zero attached hydrogens (tertiary/aromatic N) is 2. The molecule has 1 heterocycles. The summed E-state index contributed by atoms with van der Waals surface area (Å²) < 4.78 is 41.2. The minimum atomic E-state index is -4.30. The smallest absolute Gasteiger partial charge is 0.367 e. The lowest BCUT2D eigenvalue weighted by molar-refractivity contribution is -0.176. The van der Waals surface area contributed by atoms with Crippen LogP contribution in [0.25, 0.3) is 0 Å². The van der Waals surface area contributed by atoms with E-state index in [9.17, 15) is 13.2 Å². The molecule has 0 bridgehead atoms. The van der Waals surface area contributed by atoms with Gasteiger partial charge >= 0.3 is 6.18 Å². The van der Waals surface area contributed by atoms with Gasteiger partial charge in [-0.2, -0.15) is 13.2 Å². The number of rotatable bonds is 8. The van der Waals surface area contributed by atoms with E-state index in [1.54, 1.807) is 19.2 Å². The second-order valence-corrected chi connectivity index (χ2v) is 8.03. The Balaban J connectivity index is 0.00000385. The van der Waals surface area contributed by atoms with E-state index in [-0.39, 0.29) is 30.6 Å². The zero-order chi connectivity index (χ0) is 22.8.